The van der Waals surface area contributed by atoms with E-state index in [1.165, 1.54) is 0 Å². The molecule has 1 aromatic rings. The van der Waals surface area contributed by atoms with Gasteiger partial charge in [-0.2, -0.15) is 0 Å². The van der Waals surface area contributed by atoms with Crippen molar-refractivity contribution in [3.05, 3.63) is 95.7 Å². The lowest BCUT2D eigenvalue weighted by Crippen LogP contribution is -2.17. The normalized spacial score (nSPS) is 32.1. The first kappa shape index (κ1) is 29.2. The van der Waals surface area contributed by atoms with E-state index in [0.717, 1.165) is 22.8 Å². The van der Waals surface area contributed by atoms with Gasteiger partial charge in [0.1, 0.15) is 0 Å². The number of rotatable bonds is 8. The van der Waals surface area contributed by atoms with E-state index >= 15 is 0 Å². The fraction of sp³-hybridized carbons (Fsp3) is 0.333. The SMILES string of the molecule is CC1(C=Cc2nc(C=CC3(C)C=CC=NC3)c(C=CC3(C)C=CC=NC3)nc2C=CC2(C)C=CC=NC2)C=CC=NC1. The fourth-order valence-electron chi connectivity index (χ4n) is 4.99. The van der Waals surface area contributed by atoms with Gasteiger partial charge >= 0.3 is 0 Å². The summed E-state index contributed by atoms with van der Waals surface area (Å²) in [6, 6.07) is 0. The molecule has 0 radical (unpaired) electrons. The van der Waals surface area contributed by atoms with Crippen LogP contribution in [0.1, 0.15) is 50.5 Å². The Morgan fingerprint density at radius 3 is 0.857 bits per heavy atom. The number of hydrogen-bond donors (Lipinski definition) is 0. The molecule has 0 saturated heterocycles. The molecule has 5 heterocycles. The number of hydrogen-bond acceptors (Lipinski definition) is 6. The number of nitrogens with zero attached hydrogens (tertiary/aromatic N) is 6. The smallest absolute Gasteiger partial charge is 0.0891 e. The lowest BCUT2D eigenvalue weighted by molar-refractivity contribution is 0.566. The molecule has 1 aromatic heterocycles. The highest BCUT2D eigenvalue weighted by atomic mass is 14.8. The molecule has 4 aliphatic heterocycles. The van der Waals surface area contributed by atoms with Crippen molar-refractivity contribution < 1.29 is 0 Å². The summed E-state index contributed by atoms with van der Waals surface area (Å²) < 4.78 is 0. The Balaban J connectivity index is 1.60. The summed E-state index contributed by atoms with van der Waals surface area (Å²) in [6.07, 6.45) is 41.2. The summed E-state index contributed by atoms with van der Waals surface area (Å²) in [5, 5.41) is 0. The van der Waals surface area contributed by atoms with Crippen LogP contribution in [0.15, 0.2) is 92.9 Å². The second-order valence-corrected chi connectivity index (χ2v) is 12.5. The average Bonchev–Trinajstić information content (AvgIpc) is 2.99. The van der Waals surface area contributed by atoms with Crippen molar-refractivity contribution in [2.45, 2.75) is 27.7 Å². The van der Waals surface area contributed by atoms with Crippen molar-refractivity contribution in [3.63, 3.8) is 0 Å². The van der Waals surface area contributed by atoms with Crippen molar-refractivity contribution in [1.82, 2.24) is 9.97 Å². The molecule has 0 spiro atoms. The van der Waals surface area contributed by atoms with Gasteiger partial charge in [-0.05, 0) is 48.6 Å². The van der Waals surface area contributed by atoms with Crippen LogP contribution >= 0.6 is 0 Å². The van der Waals surface area contributed by atoms with Gasteiger partial charge in [-0.3, -0.25) is 20.0 Å². The second kappa shape index (κ2) is 12.3. The first-order chi connectivity index (χ1) is 20.2. The molecule has 0 bridgehead atoms. The van der Waals surface area contributed by atoms with Gasteiger partial charge in [-0.15, -0.1) is 0 Å². The van der Waals surface area contributed by atoms with Crippen molar-refractivity contribution in [1.29, 1.82) is 0 Å². The van der Waals surface area contributed by atoms with Crippen molar-refractivity contribution in [3.8, 4) is 0 Å². The zero-order valence-electron chi connectivity index (χ0n) is 25.1. The van der Waals surface area contributed by atoms with E-state index in [0.29, 0.717) is 26.2 Å². The van der Waals surface area contributed by atoms with Crippen LogP contribution < -0.4 is 0 Å². The van der Waals surface area contributed by atoms with Gasteiger partial charge in [0.2, 0.25) is 0 Å². The average molecular weight is 557 g/mol. The summed E-state index contributed by atoms with van der Waals surface area (Å²) in [4.78, 5) is 28.4. The molecule has 0 aliphatic carbocycles. The number of dihydropyridines is 4. The molecule has 6 heteroatoms. The van der Waals surface area contributed by atoms with E-state index in [2.05, 4.69) is 121 Å². The highest BCUT2D eigenvalue weighted by Gasteiger charge is 2.23. The Hall–Kier alpha value is -4.32. The lowest BCUT2D eigenvalue weighted by atomic mass is 9.87. The zero-order chi connectivity index (χ0) is 29.5. The van der Waals surface area contributed by atoms with Crippen LogP contribution in [0.2, 0.25) is 0 Å². The minimum atomic E-state index is -0.181. The van der Waals surface area contributed by atoms with Gasteiger partial charge in [0.15, 0.2) is 0 Å². The molecule has 4 unspecified atom stereocenters. The Morgan fingerprint density at radius 1 is 0.429 bits per heavy atom. The van der Waals surface area contributed by atoms with Crippen LogP contribution in [-0.2, 0) is 0 Å². The molecule has 0 N–H and O–H groups in total. The Labute approximate surface area is 250 Å². The van der Waals surface area contributed by atoms with Crippen LogP contribution in [0.3, 0.4) is 0 Å². The van der Waals surface area contributed by atoms with Gasteiger partial charge in [0, 0.05) is 46.5 Å². The summed E-state index contributed by atoms with van der Waals surface area (Å²) in [5.41, 5.74) is 2.53. The van der Waals surface area contributed by atoms with Crippen molar-refractivity contribution in [2.75, 3.05) is 26.2 Å². The summed E-state index contributed by atoms with van der Waals surface area (Å²) in [7, 11) is 0. The quantitative estimate of drug-likeness (QED) is 0.342. The monoisotopic (exact) mass is 556 g/mol. The van der Waals surface area contributed by atoms with Gasteiger partial charge in [0.25, 0.3) is 0 Å². The summed E-state index contributed by atoms with van der Waals surface area (Å²) in [6.45, 7) is 11.5. The predicted molar refractivity (Wildman–Crippen MR) is 181 cm³/mol. The third kappa shape index (κ3) is 7.49. The summed E-state index contributed by atoms with van der Waals surface area (Å²) in [5.74, 6) is 0. The Bertz CT molecular complexity index is 1320. The van der Waals surface area contributed by atoms with Gasteiger partial charge in [-0.1, -0.05) is 76.3 Å². The van der Waals surface area contributed by atoms with Gasteiger partial charge in [0.05, 0.1) is 49.0 Å². The number of allylic oxidation sites excluding steroid dienone is 4. The maximum absolute atomic E-state index is 5.22. The molecule has 5 rings (SSSR count). The topological polar surface area (TPSA) is 75.2 Å². The standard InChI is InChI=1S/C36H40N6/c1-33(13-5-21-37-25-33)17-9-29-30(10-18-34(2)14-6-22-38-26-34)42-32(12-20-36(4)16-8-24-40-28-36)31(41-29)11-19-35(3)15-7-23-39-27-35/h5-24H,25-28H2,1-4H3. The van der Waals surface area contributed by atoms with Crippen LogP contribution in [0, 0.1) is 21.7 Å². The molecule has 6 nitrogen and oxygen atoms in total. The maximum atomic E-state index is 5.22. The first-order valence-corrected chi connectivity index (χ1v) is 14.6. The predicted octanol–water partition coefficient (Wildman–Crippen LogP) is 7.12. The van der Waals surface area contributed by atoms with Crippen molar-refractivity contribution in [2.24, 2.45) is 41.6 Å². The molecular formula is C36H40N6. The third-order valence-corrected chi connectivity index (χ3v) is 7.90. The van der Waals surface area contributed by atoms with Gasteiger partial charge in [-0.25, -0.2) is 9.97 Å². The van der Waals surface area contributed by atoms with E-state index in [9.17, 15) is 0 Å². The minimum Gasteiger partial charge on any atom is -0.292 e. The van der Waals surface area contributed by atoms with E-state index in [1.807, 2.05) is 49.2 Å². The third-order valence-electron chi connectivity index (χ3n) is 7.90. The van der Waals surface area contributed by atoms with Gasteiger partial charge < -0.3 is 0 Å². The number of aromatic nitrogens is 2. The zero-order valence-corrected chi connectivity index (χ0v) is 25.1. The maximum Gasteiger partial charge on any atom is 0.0891 e. The van der Waals surface area contributed by atoms with Crippen LogP contribution in [0.4, 0.5) is 0 Å². The molecule has 4 atom stereocenters. The second-order valence-electron chi connectivity index (χ2n) is 12.5. The molecule has 42 heavy (non-hydrogen) atoms. The van der Waals surface area contributed by atoms with E-state index in [-0.39, 0.29) is 21.7 Å². The molecule has 0 aromatic carbocycles. The lowest BCUT2D eigenvalue weighted by Gasteiger charge is -2.23. The molecule has 0 fully saturated rings. The molecule has 4 aliphatic rings. The highest BCUT2D eigenvalue weighted by molar-refractivity contribution is 5.75. The Kier molecular flexibility index (Phi) is 8.53. The van der Waals surface area contributed by atoms with Crippen LogP contribution in [0.5, 0.6) is 0 Å². The van der Waals surface area contributed by atoms with Crippen LogP contribution in [0.25, 0.3) is 24.3 Å². The molecule has 214 valence electrons. The Morgan fingerprint density at radius 2 is 0.667 bits per heavy atom. The number of aliphatic imine (C=N–C) groups is 4. The van der Waals surface area contributed by atoms with E-state index in [1.54, 1.807) is 0 Å². The van der Waals surface area contributed by atoms with E-state index < -0.39 is 0 Å². The minimum absolute atomic E-state index is 0.181. The van der Waals surface area contributed by atoms with E-state index in [4.69, 9.17) is 9.97 Å². The largest absolute Gasteiger partial charge is 0.292 e. The molecule has 0 amide bonds. The first-order valence-electron chi connectivity index (χ1n) is 14.6. The highest BCUT2D eigenvalue weighted by Crippen LogP contribution is 2.30. The fourth-order valence-corrected chi connectivity index (χ4v) is 4.99. The molecule has 0 saturated carbocycles. The van der Waals surface area contributed by atoms with Crippen molar-refractivity contribution >= 4 is 49.2 Å². The van der Waals surface area contributed by atoms with Crippen LogP contribution in [-0.4, -0.2) is 61.0 Å². The molecular weight excluding hydrogens is 516 g/mol. The summed E-state index contributed by atoms with van der Waals surface area (Å²) >= 11 is 0.